The molecule has 0 aliphatic carbocycles. The molecule has 0 aromatic heterocycles. The summed E-state index contributed by atoms with van der Waals surface area (Å²) in [4.78, 5) is 2.39. The van der Waals surface area contributed by atoms with E-state index in [0.717, 1.165) is 38.3 Å². The van der Waals surface area contributed by atoms with Crippen LogP contribution in [0.25, 0.3) is 0 Å². The van der Waals surface area contributed by atoms with Gasteiger partial charge in [-0.3, -0.25) is 0 Å². The second-order valence-electron chi connectivity index (χ2n) is 4.56. The molecule has 1 atom stereocenters. The summed E-state index contributed by atoms with van der Waals surface area (Å²) in [6.07, 6.45) is 1.10. The van der Waals surface area contributed by atoms with Crippen molar-refractivity contribution in [1.29, 1.82) is 0 Å². The van der Waals surface area contributed by atoms with Gasteiger partial charge in [-0.05, 0) is 37.7 Å². The number of piperazine rings is 1. The van der Waals surface area contributed by atoms with E-state index in [4.69, 9.17) is 0 Å². The average Bonchev–Trinajstić information content (AvgIpc) is 2.34. The summed E-state index contributed by atoms with van der Waals surface area (Å²) >= 11 is 0. The molecule has 1 fully saturated rings. The first-order chi connectivity index (χ1) is 8.25. The number of rotatable bonds is 4. The predicted molar refractivity (Wildman–Crippen MR) is 68.8 cm³/mol. The number of benzene rings is 1. The van der Waals surface area contributed by atoms with E-state index in [2.05, 4.69) is 22.6 Å². The molecule has 0 spiro atoms. The fourth-order valence-corrected chi connectivity index (χ4v) is 2.14. The number of hydrogen-bond donors (Lipinski definition) is 2. The lowest BCUT2D eigenvalue weighted by atomic mass is 10.1. The number of likely N-dealkylation sites (N-methyl/N-ethyl adjacent to an activating group) is 1. The first kappa shape index (κ1) is 12.3. The molecule has 1 saturated heterocycles. The minimum Gasteiger partial charge on any atom is -0.385 e. The van der Waals surface area contributed by atoms with E-state index in [1.165, 1.54) is 12.1 Å². The van der Waals surface area contributed by atoms with E-state index in [0.29, 0.717) is 6.04 Å². The number of halogens is 1. The van der Waals surface area contributed by atoms with Gasteiger partial charge in [0.25, 0.3) is 0 Å². The second kappa shape index (κ2) is 5.98. The topological polar surface area (TPSA) is 27.3 Å². The second-order valence-corrected chi connectivity index (χ2v) is 4.56. The molecule has 2 N–H and O–H groups in total. The standard InChI is InChI=1S/C13H20FN3/c1-17-9-8-15-10-13(17)6-7-16-12-4-2-11(14)3-5-12/h2-5,13,15-16H,6-10H2,1H3. The Hall–Kier alpha value is -1.13. The largest absolute Gasteiger partial charge is 0.385 e. The molecule has 4 heteroatoms. The van der Waals surface area contributed by atoms with Crippen molar-refractivity contribution in [3.63, 3.8) is 0 Å². The highest BCUT2D eigenvalue weighted by atomic mass is 19.1. The third kappa shape index (κ3) is 3.68. The van der Waals surface area contributed by atoms with Crippen LogP contribution in [0.5, 0.6) is 0 Å². The number of nitrogens with one attached hydrogen (secondary N) is 2. The van der Waals surface area contributed by atoms with Gasteiger partial charge in [-0.15, -0.1) is 0 Å². The SMILES string of the molecule is CN1CCNCC1CCNc1ccc(F)cc1. The predicted octanol–water partition coefficient (Wildman–Crippen LogP) is 1.53. The highest BCUT2D eigenvalue weighted by Gasteiger charge is 2.17. The fourth-order valence-electron chi connectivity index (χ4n) is 2.14. The zero-order valence-electron chi connectivity index (χ0n) is 10.2. The van der Waals surface area contributed by atoms with E-state index < -0.39 is 0 Å². The molecule has 17 heavy (non-hydrogen) atoms. The van der Waals surface area contributed by atoms with Gasteiger partial charge in [-0.25, -0.2) is 4.39 Å². The smallest absolute Gasteiger partial charge is 0.123 e. The third-order valence-electron chi connectivity index (χ3n) is 3.30. The Labute approximate surface area is 102 Å². The van der Waals surface area contributed by atoms with Crippen LogP contribution in [0.15, 0.2) is 24.3 Å². The Morgan fingerprint density at radius 1 is 1.41 bits per heavy atom. The highest BCUT2D eigenvalue weighted by Crippen LogP contribution is 2.10. The van der Waals surface area contributed by atoms with Crippen LogP contribution in [0, 0.1) is 5.82 Å². The molecule has 94 valence electrons. The van der Waals surface area contributed by atoms with E-state index in [1.54, 1.807) is 12.1 Å². The summed E-state index contributed by atoms with van der Waals surface area (Å²) in [6.45, 7) is 4.17. The van der Waals surface area contributed by atoms with Crippen molar-refractivity contribution < 1.29 is 4.39 Å². The zero-order chi connectivity index (χ0) is 12.1. The maximum atomic E-state index is 12.7. The Balaban J connectivity index is 1.73. The van der Waals surface area contributed by atoms with Crippen LogP contribution >= 0.6 is 0 Å². The van der Waals surface area contributed by atoms with Crippen LogP contribution in [-0.4, -0.2) is 44.2 Å². The van der Waals surface area contributed by atoms with Gasteiger partial charge in [0.2, 0.25) is 0 Å². The van der Waals surface area contributed by atoms with E-state index in [1.807, 2.05) is 0 Å². The summed E-state index contributed by atoms with van der Waals surface area (Å²) in [6, 6.07) is 7.11. The van der Waals surface area contributed by atoms with Crippen LogP contribution in [-0.2, 0) is 0 Å². The molecule has 1 aromatic carbocycles. The summed E-state index contributed by atoms with van der Waals surface area (Å²) < 4.78 is 12.7. The van der Waals surface area contributed by atoms with Crippen LogP contribution in [0.2, 0.25) is 0 Å². The Morgan fingerprint density at radius 3 is 2.88 bits per heavy atom. The zero-order valence-corrected chi connectivity index (χ0v) is 10.2. The summed E-state index contributed by atoms with van der Waals surface area (Å²) in [5.41, 5.74) is 0.984. The highest BCUT2D eigenvalue weighted by molar-refractivity contribution is 5.42. The molecule has 1 aliphatic rings. The lowest BCUT2D eigenvalue weighted by Gasteiger charge is -2.33. The Kier molecular flexibility index (Phi) is 4.34. The maximum Gasteiger partial charge on any atom is 0.123 e. The van der Waals surface area contributed by atoms with Gasteiger partial charge in [0.1, 0.15) is 5.82 Å². The van der Waals surface area contributed by atoms with Crippen molar-refractivity contribution in [3.8, 4) is 0 Å². The van der Waals surface area contributed by atoms with Crippen molar-refractivity contribution in [2.45, 2.75) is 12.5 Å². The molecule has 2 rings (SSSR count). The fraction of sp³-hybridized carbons (Fsp3) is 0.538. The molecule has 0 bridgehead atoms. The number of hydrogen-bond acceptors (Lipinski definition) is 3. The monoisotopic (exact) mass is 237 g/mol. The van der Waals surface area contributed by atoms with Crippen molar-refractivity contribution in [1.82, 2.24) is 10.2 Å². The van der Waals surface area contributed by atoms with Crippen molar-refractivity contribution >= 4 is 5.69 Å². The van der Waals surface area contributed by atoms with Gasteiger partial charge in [-0.2, -0.15) is 0 Å². The van der Waals surface area contributed by atoms with E-state index in [-0.39, 0.29) is 5.82 Å². The lowest BCUT2D eigenvalue weighted by molar-refractivity contribution is 0.194. The summed E-state index contributed by atoms with van der Waals surface area (Å²) in [5, 5.41) is 6.72. The van der Waals surface area contributed by atoms with Gasteiger partial charge in [-0.1, -0.05) is 0 Å². The molecule has 1 heterocycles. The number of anilines is 1. The maximum absolute atomic E-state index is 12.7. The molecule has 0 amide bonds. The normalized spacial score (nSPS) is 21.4. The van der Waals surface area contributed by atoms with Gasteiger partial charge in [0.15, 0.2) is 0 Å². The molecule has 3 nitrogen and oxygen atoms in total. The quantitative estimate of drug-likeness (QED) is 0.831. The molecular weight excluding hydrogens is 217 g/mol. The minimum atomic E-state index is -0.188. The first-order valence-corrected chi connectivity index (χ1v) is 6.16. The van der Waals surface area contributed by atoms with Crippen molar-refractivity contribution in [2.75, 3.05) is 38.5 Å². The van der Waals surface area contributed by atoms with Crippen LogP contribution in [0.4, 0.5) is 10.1 Å². The van der Waals surface area contributed by atoms with Crippen LogP contribution < -0.4 is 10.6 Å². The van der Waals surface area contributed by atoms with Crippen LogP contribution in [0.3, 0.4) is 0 Å². The Morgan fingerprint density at radius 2 is 2.18 bits per heavy atom. The van der Waals surface area contributed by atoms with Crippen molar-refractivity contribution in [3.05, 3.63) is 30.1 Å². The van der Waals surface area contributed by atoms with Gasteiger partial charge in [0, 0.05) is 37.9 Å². The van der Waals surface area contributed by atoms with Gasteiger partial charge < -0.3 is 15.5 Å². The Bertz CT molecular complexity index is 339. The molecule has 0 saturated carbocycles. The van der Waals surface area contributed by atoms with E-state index in [9.17, 15) is 4.39 Å². The van der Waals surface area contributed by atoms with Crippen LogP contribution in [0.1, 0.15) is 6.42 Å². The molecular formula is C13H20FN3. The summed E-state index contributed by atoms with van der Waals surface area (Å²) in [7, 11) is 2.17. The molecule has 1 aromatic rings. The third-order valence-corrected chi connectivity index (χ3v) is 3.30. The van der Waals surface area contributed by atoms with Crippen molar-refractivity contribution in [2.24, 2.45) is 0 Å². The average molecular weight is 237 g/mol. The lowest BCUT2D eigenvalue weighted by Crippen LogP contribution is -2.49. The van der Waals surface area contributed by atoms with Gasteiger partial charge >= 0.3 is 0 Å². The number of nitrogens with zero attached hydrogens (tertiary/aromatic N) is 1. The summed E-state index contributed by atoms with van der Waals surface area (Å²) in [5.74, 6) is -0.188. The van der Waals surface area contributed by atoms with Gasteiger partial charge in [0.05, 0.1) is 0 Å². The minimum absolute atomic E-state index is 0.188. The first-order valence-electron chi connectivity index (χ1n) is 6.16. The molecule has 0 radical (unpaired) electrons. The molecule has 1 unspecified atom stereocenters. The van der Waals surface area contributed by atoms with E-state index >= 15 is 0 Å². The molecule has 1 aliphatic heterocycles.